The molecule has 0 saturated carbocycles. The number of amides is 2. The summed E-state index contributed by atoms with van der Waals surface area (Å²) < 4.78 is 0.787. The van der Waals surface area contributed by atoms with E-state index in [0.29, 0.717) is 14.0 Å². The van der Waals surface area contributed by atoms with E-state index < -0.39 is 11.5 Å². The van der Waals surface area contributed by atoms with Crippen LogP contribution in [-0.2, 0) is 4.79 Å². The number of hydrogen-bond acceptors (Lipinski definition) is 8. The third-order valence-electron chi connectivity index (χ3n) is 2.88. The molecule has 3 aromatic heterocycles. The van der Waals surface area contributed by atoms with Crippen LogP contribution in [-0.4, -0.2) is 32.6 Å². The van der Waals surface area contributed by atoms with E-state index in [1.807, 2.05) is 0 Å². The lowest BCUT2D eigenvalue weighted by Gasteiger charge is -2.02. The van der Waals surface area contributed by atoms with Crippen LogP contribution in [0.1, 0.15) is 10.4 Å². The summed E-state index contributed by atoms with van der Waals surface area (Å²) >= 11 is 3.47. The molecule has 3 heterocycles. The van der Waals surface area contributed by atoms with E-state index in [4.69, 9.17) is 5.73 Å². The molecule has 0 fully saturated rings. The SMILES string of the molecule is NC(=O)c1c(SCC(=O)Nc2nccs2)sc2c(O)cc(=O)[nH]c12. The zero-order chi connectivity index (χ0) is 17.3. The molecule has 8 nitrogen and oxygen atoms in total. The summed E-state index contributed by atoms with van der Waals surface area (Å²) in [4.78, 5) is 41.6. The largest absolute Gasteiger partial charge is 0.506 e. The standard InChI is InChI=1S/C13H10N4O4S3/c14-11(21)8-9-10(5(18)3-6(19)16-9)24-12(8)23-4-7(20)17-13-15-1-2-22-13/h1-3H,4H2,(H2,14,21)(H,15,17,20)(H2,16,18,19). The predicted molar refractivity (Wildman–Crippen MR) is 94.1 cm³/mol. The highest BCUT2D eigenvalue weighted by molar-refractivity contribution is 8.02. The molecule has 3 rings (SSSR count). The Balaban J connectivity index is 1.87. The molecule has 0 atom stereocenters. The zero-order valence-corrected chi connectivity index (χ0v) is 14.3. The van der Waals surface area contributed by atoms with Gasteiger partial charge in [0, 0.05) is 17.6 Å². The molecule has 0 radical (unpaired) electrons. The minimum atomic E-state index is -0.745. The monoisotopic (exact) mass is 382 g/mol. The Morgan fingerprint density at radius 1 is 1.46 bits per heavy atom. The molecule has 0 aliphatic rings. The van der Waals surface area contributed by atoms with Gasteiger partial charge in [0.2, 0.25) is 5.91 Å². The third-order valence-corrected chi connectivity index (χ3v) is 6.06. The van der Waals surface area contributed by atoms with Crippen molar-refractivity contribution >= 4 is 61.6 Å². The minimum Gasteiger partial charge on any atom is -0.506 e. The van der Waals surface area contributed by atoms with Gasteiger partial charge in [-0.3, -0.25) is 14.4 Å². The first-order chi connectivity index (χ1) is 11.5. The lowest BCUT2D eigenvalue weighted by atomic mass is 10.2. The van der Waals surface area contributed by atoms with Crippen molar-refractivity contribution in [3.8, 4) is 5.75 Å². The van der Waals surface area contributed by atoms with Gasteiger partial charge >= 0.3 is 0 Å². The third kappa shape index (κ3) is 3.27. The highest BCUT2D eigenvalue weighted by Gasteiger charge is 2.21. The Morgan fingerprint density at radius 3 is 2.92 bits per heavy atom. The van der Waals surface area contributed by atoms with Gasteiger partial charge in [-0.25, -0.2) is 4.98 Å². The lowest BCUT2D eigenvalue weighted by Crippen LogP contribution is -2.15. The van der Waals surface area contributed by atoms with Crippen molar-refractivity contribution in [1.29, 1.82) is 0 Å². The average molecular weight is 382 g/mol. The van der Waals surface area contributed by atoms with Gasteiger partial charge in [-0.05, 0) is 0 Å². The van der Waals surface area contributed by atoms with E-state index in [-0.39, 0.29) is 28.5 Å². The van der Waals surface area contributed by atoms with Gasteiger partial charge in [0.15, 0.2) is 5.13 Å². The first-order valence-electron chi connectivity index (χ1n) is 6.46. The summed E-state index contributed by atoms with van der Waals surface area (Å²) in [5, 5.41) is 14.7. The molecule has 0 saturated heterocycles. The number of nitrogens with two attached hydrogens (primary N) is 1. The van der Waals surface area contributed by atoms with Gasteiger partial charge in [0.1, 0.15) is 5.75 Å². The van der Waals surface area contributed by atoms with E-state index >= 15 is 0 Å². The number of aromatic nitrogens is 2. The number of carbonyl (C=O) groups is 2. The van der Waals surface area contributed by atoms with E-state index in [9.17, 15) is 19.5 Å². The molecule has 5 N–H and O–H groups in total. The van der Waals surface area contributed by atoms with Crippen LogP contribution in [0, 0.1) is 0 Å². The van der Waals surface area contributed by atoms with Gasteiger partial charge < -0.3 is 21.1 Å². The topological polar surface area (TPSA) is 138 Å². The molecule has 0 aliphatic carbocycles. The Labute approximate surface area is 146 Å². The molecule has 3 aromatic rings. The summed E-state index contributed by atoms with van der Waals surface area (Å²) in [5.41, 5.74) is 5.11. The number of primary amides is 1. The van der Waals surface area contributed by atoms with Gasteiger partial charge in [-0.1, -0.05) is 0 Å². The number of thioether (sulfide) groups is 1. The van der Waals surface area contributed by atoms with Crippen LogP contribution in [0.25, 0.3) is 10.2 Å². The summed E-state index contributed by atoms with van der Waals surface area (Å²) in [7, 11) is 0. The minimum absolute atomic E-state index is 0.0255. The molecule has 2 amide bonds. The molecular formula is C13H10N4O4S3. The molecule has 0 bridgehead atoms. The maximum Gasteiger partial charge on any atom is 0.252 e. The van der Waals surface area contributed by atoms with E-state index in [1.54, 1.807) is 11.6 Å². The fourth-order valence-electron chi connectivity index (χ4n) is 1.96. The van der Waals surface area contributed by atoms with Gasteiger partial charge in [0.05, 0.1) is 25.7 Å². The normalized spacial score (nSPS) is 10.8. The number of thiazole rings is 1. The Morgan fingerprint density at radius 2 is 2.25 bits per heavy atom. The first-order valence-corrected chi connectivity index (χ1v) is 9.14. The summed E-state index contributed by atoms with van der Waals surface area (Å²) in [6.45, 7) is 0. The van der Waals surface area contributed by atoms with Crippen LogP contribution in [0.3, 0.4) is 0 Å². The molecular weight excluding hydrogens is 372 g/mol. The zero-order valence-electron chi connectivity index (χ0n) is 11.9. The molecule has 24 heavy (non-hydrogen) atoms. The van der Waals surface area contributed by atoms with Gasteiger partial charge in [-0.15, -0.1) is 34.4 Å². The number of hydrogen-bond donors (Lipinski definition) is 4. The second-order valence-corrected chi connectivity index (χ2v) is 7.69. The smallest absolute Gasteiger partial charge is 0.252 e. The molecule has 11 heteroatoms. The summed E-state index contributed by atoms with van der Waals surface area (Å²) in [6.07, 6.45) is 1.57. The maximum absolute atomic E-state index is 11.9. The quantitative estimate of drug-likeness (QED) is 0.494. The summed E-state index contributed by atoms with van der Waals surface area (Å²) in [6, 6.07) is 1.02. The number of thiophene rings is 1. The number of rotatable bonds is 5. The Bertz CT molecular complexity index is 977. The van der Waals surface area contributed by atoms with Crippen LogP contribution >= 0.6 is 34.4 Å². The second-order valence-electron chi connectivity index (χ2n) is 4.53. The first kappa shape index (κ1) is 16.5. The number of H-pyrrole nitrogens is 1. The number of nitrogens with zero attached hydrogens (tertiary/aromatic N) is 1. The fraction of sp³-hybridized carbons (Fsp3) is 0.0769. The van der Waals surface area contributed by atoms with Gasteiger partial charge in [0.25, 0.3) is 11.5 Å². The van der Waals surface area contributed by atoms with Gasteiger partial charge in [-0.2, -0.15) is 0 Å². The number of fused-ring (bicyclic) bond motifs is 1. The average Bonchev–Trinajstić information content (AvgIpc) is 3.12. The lowest BCUT2D eigenvalue weighted by molar-refractivity contribution is -0.113. The fourth-order valence-corrected chi connectivity index (χ4v) is 4.75. The predicted octanol–water partition coefficient (Wildman–Crippen LogP) is 1.58. The van der Waals surface area contributed by atoms with Crippen molar-refractivity contribution in [1.82, 2.24) is 9.97 Å². The highest BCUT2D eigenvalue weighted by Crippen LogP contribution is 2.40. The number of pyridine rings is 1. The molecule has 124 valence electrons. The van der Waals surface area contributed by atoms with E-state index in [2.05, 4.69) is 15.3 Å². The van der Waals surface area contributed by atoms with Crippen molar-refractivity contribution in [3.63, 3.8) is 0 Å². The number of nitrogens with one attached hydrogen (secondary N) is 2. The number of anilines is 1. The maximum atomic E-state index is 11.9. The Kier molecular flexibility index (Phi) is 4.55. The van der Waals surface area contributed by atoms with Crippen molar-refractivity contribution in [2.45, 2.75) is 4.21 Å². The van der Waals surface area contributed by atoms with Crippen LogP contribution in [0.2, 0.25) is 0 Å². The molecule has 0 aliphatic heterocycles. The van der Waals surface area contributed by atoms with Crippen LogP contribution in [0.15, 0.2) is 26.6 Å². The number of aromatic hydroxyl groups is 1. The molecule has 0 spiro atoms. The van der Waals surface area contributed by atoms with E-state index in [1.165, 1.54) is 11.3 Å². The van der Waals surface area contributed by atoms with Crippen LogP contribution < -0.4 is 16.6 Å². The van der Waals surface area contributed by atoms with Crippen molar-refractivity contribution in [2.24, 2.45) is 5.73 Å². The Hall–Kier alpha value is -2.37. The van der Waals surface area contributed by atoms with Crippen LogP contribution in [0.4, 0.5) is 5.13 Å². The molecule has 0 unspecified atom stereocenters. The van der Waals surface area contributed by atoms with Crippen molar-refractivity contribution < 1.29 is 14.7 Å². The van der Waals surface area contributed by atoms with E-state index in [0.717, 1.165) is 29.2 Å². The summed E-state index contributed by atoms with van der Waals surface area (Å²) in [5.74, 6) is -1.25. The van der Waals surface area contributed by atoms with Crippen LogP contribution in [0.5, 0.6) is 5.75 Å². The second kappa shape index (κ2) is 6.63. The van der Waals surface area contributed by atoms with Crippen molar-refractivity contribution in [3.05, 3.63) is 33.6 Å². The number of carbonyl (C=O) groups excluding carboxylic acids is 2. The number of aromatic amines is 1. The molecule has 0 aromatic carbocycles. The highest BCUT2D eigenvalue weighted by atomic mass is 32.2. The van der Waals surface area contributed by atoms with Crippen molar-refractivity contribution in [2.75, 3.05) is 11.1 Å².